The molecule has 20 heavy (non-hydrogen) atoms. The van der Waals surface area contributed by atoms with E-state index in [1.807, 2.05) is 55.5 Å². The fourth-order valence-corrected chi connectivity index (χ4v) is 2.38. The Morgan fingerprint density at radius 3 is 2.45 bits per heavy atom. The van der Waals surface area contributed by atoms with Crippen LogP contribution in [0, 0.1) is 0 Å². The smallest absolute Gasteiger partial charge is 0.257 e. The summed E-state index contributed by atoms with van der Waals surface area (Å²) in [5, 5.41) is 2.90. The van der Waals surface area contributed by atoms with Crippen LogP contribution < -0.4 is 5.32 Å². The number of fused-ring (bicyclic) bond motifs is 1. The van der Waals surface area contributed by atoms with Gasteiger partial charge < -0.3 is 10.2 Å². The van der Waals surface area contributed by atoms with Crippen molar-refractivity contribution in [1.82, 2.24) is 4.90 Å². The molecule has 0 bridgehead atoms. The zero-order chi connectivity index (χ0) is 14.1. The van der Waals surface area contributed by atoms with E-state index >= 15 is 0 Å². The third-order valence-corrected chi connectivity index (χ3v) is 3.30. The lowest BCUT2D eigenvalue weighted by Gasteiger charge is -2.08. The van der Waals surface area contributed by atoms with E-state index < -0.39 is 0 Å². The molecule has 0 radical (unpaired) electrons. The summed E-state index contributed by atoms with van der Waals surface area (Å²) in [6.07, 6.45) is 1.86. The second-order valence-electron chi connectivity index (χ2n) is 5.09. The molecule has 3 rings (SSSR count). The Morgan fingerprint density at radius 1 is 1.00 bits per heavy atom. The molecule has 0 aromatic heterocycles. The van der Waals surface area contributed by atoms with Crippen molar-refractivity contribution in [2.45, 2.75) is 0 Å². The first-order chi connectivity index (χ1) is 9.65. The molecule has 0 atom stereocenters. The molecular weight excluding hydrogens is 248 g/mol. The molecule has 1 heterocycles. The Hall–Kier alpha value is -2.55. The number of hydrogen-bond acceptors (Lipinski definition) is 2. The van der Waals surface area contributed by atoms with Crippen molar-refractivity contribution in [1.29, 1.82) is 0 Å². The van der Waals surface area contributed by atoms with Crippen LogP contribution in [0.5, 0.6) is 0 Å². The van der Waals surface area contributed by atoms with Gasteiger partial charge >= 0.3 is 0 Å². The Kier molecular flexibility index (Phi) is 3.03. The third kappa shape index (κ3) is 2.18. The van der Waals surface area contributed by atoms with Gasteiger partial charge in [0.2, 0.25) is 0 Å². The number of rotatable bonds is 2. The highest BCUT2D eigenvalue weighted by Gasteiger charge is 2.24. The SMILES string of the molecule is CN(C)C=C1C(=O)Nc2ccc(-c3ccccc3)cc21. The van der Waals surface area contributed by atoms with Crippen LogP contribution in [0.15, 0.2) is 54.7 Å². The predicted molar refractivity (Wildman–Crippen MR) is 82.2 cm³/mol. The van der Waals surface area contributed by atoms with Gasteiger partial charge in [-0.05, 0) is 23.3 Å². The molecule has 3 nitrogen and oxygen atoms in total. The van der Waals surface area contributed by atoms with Crippen LogP contribution in [0.2, 0.25) is 0 Å². The van der Waals surface area contributed by atoms with Gasteiger partial charge in [-0.1, -0.05) is 36.4 Å². The van der Waals surface area contributed by atoms with Gasteiger partial charge in [-0.25, -0.2) is 0 Å². The quantitative estimate of drug-likeness (QED) is 0.845. The standard InChI is InChI=1S/C17H16N2O/c1-19(2)11-15-14-10-13(12-6-4-3-5-7-12)8-9-16(14)18-17(15)20/h3-11H,1-2H3,(H,18,20). The van der Waals surface area contributed by atoms with E-state index in [1.54, 1.807) is 0 Å². The van der Waals surface area contributed by atoms with Crippen molar-refractivity contribution in [2.75, 3.05) is 19.4 Å². The lowest BCUT2D eigenvalue weighted by atomic mass is 10.00. The van der Waals surface area contributed by atoms with Crippen LogP contribution in [-0.2, 0) is 4.79 Å². The molecule has 0 aliphatic carbocycles. The highest BCUT2D eigenvalue weighted by molar-refractivity contribution is 6.31. The minimum atomic E-state index is -0.0427. The second-order valence-corrected chi connectivity index (χ2v) is 5.09. The average molecular weight is 264 g/mol. The number of nitrogens with zero attached hydrogens (tertiary/aromatic N) is 1. The van der Waals surface area contributed by atoms with E-state index in [-0.39, 0.29) is 5.91 Å². The zero-order valence-electron chi connectivity index (χ0n) is 11.6. The maximum absolute atomic E-state index is 12.0. The summed E-state index contributed by atoms with van der Waals surface area (Å²) in [6.45, 7) is 0. The molecule has 0 saturated carbocycles. The highest BCUT2D eigenvalue weighted by atomic mass is 16.2. The minimum Gasteiger partial charge on any atom is -0.383 e. The van der Waals surface area contributed by atoms with Crippen LogP contribution in [-0.4, -0.2) is 24.9 Å². The number of hydrogen-bond donors (Lipinski definition) is 1. The molecule has 0 fully saturated rings. The largest absolute Gasteiger partial charge is 0.383 e. The number of nitrogens with one attached hydrogen (secondary N) is 1. The molecule has 1 aliphatic rings. The van der Waals surface area contributed by atoms with Gasteiger partial charge in [0.1, 0.15) is 0 Å². The van der Waals surface area contributed by atoms with Crippen LogP contribution in [0.1, 0.15) is 5.56 Å². The van der Waals surface area contributed by atoms with E-state index in [9.17, 15) is 4.79 Å². The summed E-state index contributed by atoms with van der Waals surface area (Å²) in [7, 11) is 3.83. The van der Waals surface area contributed by atoms with Crippen molar-refractivity contribution in [3.8, 4) is 11.1 Å². The Balaban J connectivity index is 2.10. The Labute approximate surface area is 118 Å². The van der Waals surface area contributed by atoms with Crippen molar-refractivity contribution in [3.63, 3.8) is 0 Å². The van der Waals surface area contributed by atoms with E-state index in [1.165, 1.54) is 0 Å². The first kappa shape index (κ1) is 12.5. The molecule has 2 aromatic carbocycles. The van der Waals surface area contributed by atoms with Crippen LogP contribution in [0.25, 0.3) is 16.7 Å². The van der Waals surface area contributed by atoms with Crippen LogP contribution in [0.3, 0.4) is 0 Å². The summed E-state index contributed by atoms with van der Waals surface area (Å²) in [6, 6.07) is 16.2. The van der Waals surface area contributed by atoms with Gasteiger partial charge in [-0.15, -0.1) is 0 Å². The molecule has 1 aliphatic heterocycles. The van der Waals surface area contributed by atoms with Gasteiger partial charge in [0.15, 0.2) is 0 Å². The average Bonchev–Trinajstić information content (AvgIpc) is 2.75. The second kappa shape index (κ2) is 4.85. The number of anilines is 1. The molecule has 0 spiro atoms. The lowest BCUT2D eigenvalue weighted by molar-refractivity contribution is -0.110. The number of carbonyl (C=O) groups excluding carboxylic acids is 1. The Bertz CT molecular complexity index is 687. The van der Waals surface area contributed by atoms with Crippen molar-refractivity contribution >= 4 is 17.2 Å². The zero-order valence-corrected chi connectivity index (χ0v) is 11.6. The van der Waals surface area contributed by atoms with Crippen molar-refractivity contribution < 1.29 is 4.79 Å². The van der Waals surface area contributed by atoms with E-state index in [4.69, 9.17) is 0 Å². The molecule has 3 heteroatoms. The summed E-state index contributed by atoms with van der Waals surface area (Å²) in [5.74, 6) is -0.0427. The van der Waals surface area contributed by atoms with Crippen molar-refractivity contribution in [3.05, 3.63) is 60.3 Å². The molecule has 2 aromatic rings. The number of amides is 1. The van der Waals surface area contributed by atoms with E-state index in [2.05, 4.69) is 23.5 Å². The number of benzene rings is 2. The molecule has 1 N–H and O–H groups in total. The molecule has 1 amide bonds. The first-order valence-electron chi connectivity index (χ1n) is 6.54. The van der Waals surface area contributed by atoms with Crippen LogP contribution >= 0.6 is 0 Å². The predicted octanol–water partition coefficient (Wildman–Crippen LogP) is 3.21. The summed E-state index contributed by atoms with van der Waals surface area (Å²) >= 11 is 0. The van der Waals surface area contributed by atoms with E-state index in [0.29, 0.717) is 5.57 Å². The topological polar surface area (TPSA) is 32.3 Å². The Morgan fingerprint density at radius 2 is 1.75 bits per heavy atom. The monoisotopic (exact) mass is 264 g/mol. The number of carbonyl (C=O) groups is 1. The van der Waals surface area contributed by atoms with Crippen molar-refractivity contribution in [2.24, 2.45) is 0 Å². The normalized spacial score (nSPS) is 15.1. The molecule has 0 saturated heterocycles. The first-order valence-corrected chi connectivity index (χ1v) is 6.54. The summed E-state index contributed by atoms with van der Waals surface area (Å²) < 4.78 is 0. The fraction of sp³-hybridized carbons (Fsp3) is 0.118. The van der Waals surface area contributed by atoms with Gasteiger partial charge in [0.25, 0.3) is 5.91 Å². The highest BCUT2D eigenvalue weighted by Crippen LogP contribution is 2.35. The maximum atomic E-state index is 12.0. The van der Waals surface area contributed by atoms with Crippen LogP contribution in [0.4, 0.5) is 5.69 Å². The molecule has 0 unspecified atom stereocenters. The fourth-order valence-electron chi connectivity index (χ4n) is 2.38. The van der Waals surface area contributed by atoms with Gasteiger partial charge in [-0.2, -0.15) is 0 Å². The molecular formula is C17H16N2O. The van der Waals surface area contributed by atoms with E-state index in [0.717, 1.165) is 22.4 Å². The van der Waals surface area contributed by atoms with Gasteiger partial charge in [-0.3, -0.25) is 4.79 Å². The maximum Gasteiger partial charge on any atom is 0.257 e. The molecule has 100 valence electrons. The minimum absolute atomic E-state index is 0.0427. The summed E-state index contributed by atoms with van der Waals surface area (Å²) in [4.78, 5) is 13.9. The third-order valence-electron chi connectivity index (χ3n) is 3.30. The van der Waals surface area contributed by atoms with Gasteiger partial charge in [0, 0.05) is 31.5 Å². The lowest BCUT2D eigenvalue weighted by Crippen LogP contribution is -2.08. The van der Waals surface area contributed by atoms with Gasteiger partial charge in [0.05, 0.1) is 5.57 Å². The summed E-state index contributed by atoms with van der Waals surface area (Å²) in [5.41, 5.74) is 4.82.